The Labute approximate surface area is 133 Å². The second-order valence-corrected chi connectivity index (χ2v) is 5.79. The molecule has 1 aromatic carbocycles. The number of halogens is 1. The lowest BCUT2D eigenvalue weighted by atomic mass is 10.1. The SMILES string of the molecule is CN(C)c1c(Cc2ccc(S)cc2)c(Cl)nc2ncnn12. The first-order chi connectivity index (χ1) is 10.1. The zero-order valence-electron chi connectivity index (χ0n) is 11.7. The highest BCUT2D eigenvalue weighted by atomic mass is 35.5. The Morgan fingerprint density at radius 2 is 1.95 bits per heavy atom. The van der Waals surface area contributed by atoms with Gasteiger partial charge in [0.05, 0.1) is 0 Å². The van der Waals surface area contributed by atoms with Gasteiger partial charge in [-0.25, -0.2) is 0 Å². The Morgan fingerprint density at radius 1 is 1.24 bits per heavy atom. The molecule has 0 fully saturated rings. The van der Waals surface area contributed by atoms with Gasteiger partial charge in [-0.3, -0.25) is 0 Å². The van der Waals surface area contributed by atoms with Gasteiger partial charge in [-0.05, 0) is 17.7 Å². The fourth-order valence-electron chi connectivity index (χ4n) is 2.27. The van der Waals surface area contributed by atoms with Gasteiger partial charge in [-0.2, -0.15) is 19.6 Å². The molecule has 0 atom stereocenters. The van der Waals surface area contributed by atoms with Crippen LogP contribution in [0.4, 0.5) is 5.82 Å². The molecule has 2 heterocycles. The summed E-state index contributed by atoms with van der Waals surface area (Å²) < 4.78 is 1.70. The highest BCUT2D eigenvalue weighted by Gasteiger charge is 2.17. The normalized spacial score (nSPS) is 11.0. The third kappa shape index (κ3) is 2.69. The maximum Gasteiger partial charge on any atom is 0.255 e. The Balaban J connectivity index is 2.14. The van der Waals surface area contributed by atoms with Crippen LogP contribution in [0.5, 0.6) is 0 Å². The van der Waals surface area contributed by atoms with Crippen LogP contribution in [0.1, 0.15) is 11.1 Å². The molecular weight excluding hydrogens is 306 g/mol. The maximum absolute atomic E-state index is 6.36. The molecule has 108 valence electrons. The quantitative estimate of drug-likeness (QED) is 0.595. The summed E-state index contributed by atoms with van der Waals surface area (Å²) in [6, 6.07) is 7.99. The maximum atomic E-state index is 6.36. The van der Waals surface area contributed by atoms with E-state index in [0.717, 1.165) is 21.8 Å². The lowest BCUT2D eigenvalue weighted by Gasteiger charge is -2.19. The molecule has 0 saturated carbocycles. The van der Waals surface area contributed by atoms with Gasteiger partial charge in [0.15, 0.2) is 0 Å². The van der Waals surface area contributed by atoms with Crippen molar-refractivity contribution in [1.82, 2.24) is 19.6 Å². The zero-order valence-corrected chi connectivity index (χ0v) is 13.3. The van der Waals surface area contributed by atoms with E-state index < -0.39 is 0 Å². The third-order valence-electron chi connectivity index (χ3n) is 3.19. The third-order valence-corrected chi connectivity index (χ3v) is 3.80. The number of aromatic nitrogens is 4. The summed E-state index contributed by atoms with van der Waals surface area (Å²) in [5, 5.41) is 4.68. The molecule has 0 amide bonds. The van der Waals surface area contributed by atoms with Crippen molar-refractivity contribution in [2.75, 3.05) is 19.0 Å². The van der Waals surface area contributed by atoms with E-state index in [9.17, 15) is 0 Å². The molecule has 0 saturated heterocycles. The van der Waals surface area contributed by atoms with Gasteiger partial charge in [0.25, 0.3) is 5.78 Å². The molecule has 2 aromatic heterocycles. The van der Waals surface area contributed by atoms with Gasteiger partial charge in [-0.1, -0.05) is 23.7 Å². The second-order valence-electron chi connectivity index (χ2n) is 4.91. The van der Waals surface area contributed by atoms with Gasteiger partial charge in [-0.15, -0.1) is 12.6 Å². The van der Waals surface area contributed by atoms with E-state index in [4.69, 9.17) is 11.6 Å². The highest BCUT2D eigenvalue weighted by Crippen LogP contribution is 2.28. The Morgan fingerprint density at radius 3 is 2.62 bits per heavy atom. The molecule has 21 heavy (non-hydrogen) atoms. The summed E-state index contributed by atoms with van der Waals surface area (Å²) in [6.07, 6.45) is 2.15. The minimum absolute atomic E-state index is 0.453. The average molecular weight is 320 g/mol. The number of hydrogen-bond donors (Lipinski definition) is 1. The van der Waals surface area contributed by atoms with E-state index in [2.05, 4.69) is 27.7 Å². The van der Waals surface area contributed by atoms with Crippen LogP contribution < -0.4 is 4.90 Å². The first-order valence-electron chi connectivity index (χ1n) is 6.39. The fraction of sp³-hybridized carbons (Fsp3) is 0.214. The number of anilines is 1. The van der Waals surface area contributed by atoms with Gasteiger partial charge in [0.1, 0.15) is 17.3 Å². The summed E-state index contributed by atoms with van der Waals surface area (Å²) in [6.45, 7) is 0. The lowest BCUT2D eigenvalue weighted by Crippen LogP contribution is -2.18. The van der Waals surface area contributed by atoms with Gasteiger partial charge >= 0.3 is 0 Å². The van der Waals surface area contributed by atoms with Crippen molar-refractivity contribution in [3.63, 3.8) is 0 Å². The molecule has 7 heteroatoms. The Bertz CT molecular complexity index is 782. The van der Waals surface area contributed by atoms with Crippen molar-refractivity contribution in [3.8, 4) is 0 Å². The molecule has 0 unspecified atom stereocenters. The van der Waals surface area contributed by atoms with E-state index in [0.29, 0.717) is 17.4 Å². The van der Waals surface area contributed by atoms with Gasteiger partial charge in [0.2, 0.25) is 0 Å². The van der Waals surface area contributed by atoms with Crippen LogP contribution >= 0.6 is 24.2 Å². The predicted molar refractivity (Wildman–Crippen MR) is 86.6 cm³/mol. The Kier molecular flexibility index (Phi) is 3.73. The summed E-state index contributed by atoms with van der Waals surface area (Å²) in [5.74, 6) is 1.38. The topological polar surface area (TPSA) is 46.3 Å². The largest absolute Gasteiger partial charge is 0.362 e. The molecule has 0 N–H and O–H groups in total. The van der Waals surface area contributed by atoms with Crippen LogP contribution in [0.15, 0.2) is 35.5 Å². The number of benzene rings is 1. The van der Waals surface area contributed by atoms with Crippen molar-refractivity contribution >= 4 is 35.8 Å². The zero-order chi connectivity index (χ0) is 15.0. The summed E-state index contributed by atoms with van der Waals surface area (Å²) in [7, 11) is 3.90. The van der Waals surface area contributed by atoms with Gasteiger partial charge < -0.3 is 4.90 Å². The summed E-state index contributed by atoms with van der Waals surface area (Å²) >= 11 is 10.7. The predicted octanol–water partition coefficient (Wildman–Crippen LogP) is 2.72. The van der Waals surface area contributed by atoms with Crippen LogP contribution in [-0.2, 0) is 6.42 Å². The minimum atomic E-state index is 0.453. The lowest BCUT2D eigenvalue weighted by molar-refractivity contribution is 0.875. The van der Waals surface area contributed by atoms with Crippen LogP contribution in [0.2, 0.25) is 5.15 Å². The van der Waals surface area contributed by atoms with E-state index in [1.54, 1.807) is 4.52 Å². The van der Waals surface area contributed by atoms with Crippen molar-refractivity contribution in [1.29, 1.82) is 0 Å². The molecule has 3 rings (SSSR count). The molecule has 0 aliphatic rings. The first kappa shape index (κ1) is 14.2. The molecule has 0 bridgehead atoms. The molecule has 0 radical (unpaired) electrons. The van der Waals surface area contributed by atoms with E-state index in [1.165, 1.54) is 6.33 Å². The standard InChI is InChI=1S/C14H14ClN5S/c1-19(2)13-11(7-9-3-5-10(21)6-4-9)12(15)18-14-16-8-17-20(13)14/h3-6,8,21H,7H2,1-2H3. The number of thiol groups is 1. The average Bonchev–Trinajstić information content (AvgIpc) is 2.88. The number of fused-ring (bicyclic) bond motifs is 1. The van der Waals surface area contributed by atoms with Crippen molar-refractivity contribution in [2.24, 2.45) is 0 Å². The van der Waals surface area contributed by atoms with Crippen molar-refractivity contribution in [2.45, 2.75) is 11.3 Å². The fourth-order valence-corrected chi connectivity index (χ4v) is 2.64. The monoisotopic (exact) mass is 319 g/mol. The Hall–Kier alpha value is -1.79. The molecular formula is C14H14ClN5S. The molecule has 0 aliphatic carbocycles. The molecule has 0 aliphatic heterocycles. The van der Waals surface area contributed by atoms with Crippen LogP contribution in [0, 0.1) is 0 Å². The summed E-state index contributed by atoms with van der Waals surface area (Å²) in [5.41, 5.74) is 2.06. The molecule has 0 spiro atoms. The molecule has 5 nitrogen and oxygen atoms in total. The van der Waals surface area contributed by atoms with Crippen molar-refractivity contribution in [3.05, 3.63) is 46.9 Å². The summed E-state index contributed by atoms with van der Waals surface area (Å²) in [4.78, 5) is 11.3. The number of hydrogen-bond acceptors (Lipinski definition) is 5. The van der Waals surface area contributed by atoms with E-state index in [1.807, 2.05) is 43.3 Å². The number of rotatable bonds is 3. The molecule has 3 aromatic rings. The van der Waals surface area contributed by atoms with Crippen molar-refractivity contribution < 1.29 is 0 Å². The van der Waals surface area contributed by atoms with Gasteiger partial charge in [0, 0.05) is 31.0 Å². The first-order valence-corrected chi connectivity index (χ1v) is 7.22. The van der Waals surface area contributed by atoms with Crippen LogP contribution in [0.25, 0.3) is 5.78 Å². The van der Waals surface area contributed by atoms with E-state index >= 15 is 0 Å². The minimum Gasteiger partial charge on any atom is -0.362 e. The van der Waals surface area contributed by atoms with Crippen LogP contribution in [0.3, 0.4) is 0 Å². The van der Waals surface area contributed by atoms with E-state index in [-0.39, 0.29) is 0 Å². The second kappa shape index (κ2) is 5.54. The van der Waals surface area contributed by atoms with Crippen LogP contribution in [-0.4, -0.2) is 33.7 Å². The number of nitrogens with zero attached hydrogens (tertiary/aromatic N) is 5. The smallest absolute Gasteiger partial charge is 0.255 e. The highest BCUT2D eigenvalue weighted by molar-refractivity contribution is 7.80.